The number of sulfonamides is 1. The van der Waals surface area contributed by atoms with Gasteiger partial charge in [-0.3, -0.25) is 14.1 Å². The number of nitrogens with zero attached hydrogens (tertiary/aromatic N) is 4. The molecule has 0 aliphatic rings. The summed E-state index contributed by atoms with van der Waals surface area (Å²) in [4.78, 5) is 25.2. The Morgan fingerprint density at radius 3 is 2.41 bits per heavy atom. The van der Waals surface area contributed by atoms with Gasteiger partial charge in [0.2, 0.25) is 15.9 Å². The van der Waals surface area contributed by atoms with Gasteiger partial charge in [0.1, 0.15) is 11.6 Å². The number of halogens is 1. The maximum Gasteiger partial charge on any atom is 0.282 e. The van der Waals surface area contributed by atoms with Crippen molar-refractivity contribution in [3.05, 3.63) is 76.1 Å². The molecule has 3 rings (SSSR count). The minimum absolute atomic E-state index is 0.103. The number of aryl methyl sites for hydroxylation is 2. The molecule has 0 saturated heterocycles. The van der Waals surface area contributed by atoms with Crippen LogP contribution in [-0.4, -0.2) is 38.8 Å². The Hall–Kier alpha value is -3.34. The molecule has 2 aromatic heterocycles. The topological polar surface area (TPSA) is 127 Å². The molecule has 0 fully saturated rings. The van der Waals surface area contributed by atoms with Gasteiger partial charge in [-0.25, -0.2) is 22.8 Å². The van der Waals surface area contributed by atoms with Crippen molar-refractivity contribution in [1.29, 1.82) is 0 Å². The van der Waals surface area contributed by atoms with Gasteiger partial charge in [0.15, 0.2) is 11.5 Å². The van der Waals surface area contributed by atoms with Crippen LogP contribution in [-0.2, 0) is 22.9 Å². The summed E-state index contributed by atoms with van der Waals surface area (Å²) in [6.45, 7) is 3.93. The lowest BCUT2D eigenvalue weighted by Gasteiger charge is -2.23. The van der Waals surface area contributed by atoms with Crippen LogP contribution in [0.4, 0.5) is 10.1 Å². The summed E-state index contributed by atoms with van der Waals surface area (Å²) in [5.41, 5.74) is -0.301. The van der Waals surface area contributed by atoms with E-state index in [9.17, 15) is 22.7 Å². The van der Waals surface area contributed by atoms with Crippen LogP contribution in [0.5, 0.6) is 5.88 Å². The van der Waals surface area contributed by atoms with Crippen molar-refractivity contribution in [2.75, 3.05) is 10.5 Å². The predicted molar refractivity (Wildman–Crippen MR) is 127 cm³/mol. The highest BCUT2D eigenvalue weighted by molar-refractivity contribution is 7.92. The first-order valence-electron chi connectivity index (χ1n) is 11.1. The van der Waals surface area contributed by atoms with Gasteiger partial charge < -0.3 is 5.11 Å². The average Bonchev–Trinajstić information content (AvgIpc) is 2.83. The summed E-state index contributed by atoms with van der Waals surface area (Å²) in [5.74, 6) is -1.24. The van der Waals surface area contributed by atoms with E-state index in [1.807, 2.05) is 44.2 Å². The van der Waals surface area contributed by atoms with Crippen molar-refractivity contribution < 1.29 is 17.9 Å². The minimum atomic E-state index is -4.07. The van der Waals surface area contributed by atoms with E-state index in [0.29, 0.717) is 18.7 Å². The Balaban J connectivity index is 1.98. The number of aromatic hydroxyl groups is 1. The minimum Gasteiger partial charge on any atom is -0.492 e. The SMILES string of the molecule is CCCCc1nc(O)c(NS(=O)(=O)CCc2ncc(F)cn2)c(=O)n1[C@@H](CC)c1ccccc1. The van der Waals surface area contributed by atoms with Crippen LogP contribution in [0.3, 0.4) is 0 Å². The Morgan fingerprint density at radius 1 is 1.12 bits per heavy atom. The molecule has 3 aromatic rings. The number of nitrogens with one attached hydrogen (secondary N) is 1. The molecule has 1 atom stereocenters. The number of rotatable bonds is 11. The molecule has 0 saturated carbocycles. The molecule has 0 radical (unpaired) electrons. The van der Waals surface area contributed by atoms with E-state index in [1.165, 1.54) is 4.57 Å². The Bertz CT molecular complexity index is 1270. The Labute approximate surface area is 197 Å². The third kappa shape index (κ3) is 6.16. The monoisotopic (exact) mass is 489 g/mol. The van der Waals surface area contributed by atoms with E-state index < -0.39 is 38.7 Å². The quantitative estimate of drug-likeness (QED) is 0.423. The fraction of sp³-hybridized carbons (Fsp3) is 0.391. The number of benzene rings is 1. The van der Waals surface area contributed by atoms with Crippen LogP contribution >= 0.6 is 0 Å². The second kappa shape index (κ2) is 11.2. The van der Waals surface area contributed by atoms with Gasteiger partial charge in [-0.15, -0.1) is 0 Å². The molecule has 0 aliphatic carbocycles. The van der Waals surface area contributed by atoms with Gasteiger partial charge in [-0.2, -0.15) is 4.98 Å². The first kappa shape index (κ1) is 25.3. The highest BCUT2D eigenvalue weighted by Gasteiger charge is 2.25. The third-order valence-electron chi connectivity index (χ3n) is 5.33. The number of aromatic nitrogens is 4. The van der Waals surface area contributed by atoms with Crippen molar-refractivity contribution in [3.8, 4) is 5.88 Å². The molecule has 182 valence electrons. The third-order valence-corrected chi connectivity index (χ3v) is 6.59. The van der Waals surface area contributed by atoms with Crippen molar-refractivity contribution >= 4 is 15.7 Å². The number of unbranched alkanes of at least 4 members (excludes halogenated alkanes) is 1. The zero-order chi connectivity index (χ0) is 24.7. The van der Waals surface area contributed by atoms with Gasteiger partial charge in [0, 0.05) is 12.8 Å². The summed E-state index contributed by atoms with van der Waals surface area (Å²) in [5, 5.41) is 10.5. The van der Waals surface area contributed by atoms with Crippen LogP contribution in [0.1, 0.15) is 56.4 Å². The maximum atomic E-state index is 13.5. The van der Waals surface area contributed by atoms with E-state index in [1.54, 1.807) is 0 Å². The van der Waals surface area contributed by atoms with Crippen LogP contribution in [0.15, 0.2) is 47.5 Å². The summed E-state index contributed by atoms with van der Waals surface area (Å²) in [7, 11) is -4.07. The van der Waals surface area contributed by atoms with Crippen LogP contribution in [0.2, 0.25) is 0 Å². The predicted octanol–water partition coefficient (Wildman–Crippen LogP) is 3.20. The fourth-order valence-electron chi connectivity index (χ4n) is 3.63. The van der Waals surface area contributed by atoms with Crippen molar-refractivity contribution in [1.82, 2.24) is 19.5 Å². The van der Waals surface area contributed by atoms with Crippen molar-refractivity contribution in [2.45, 2.75) is 52.0 Å². The zero-order valence-electron chi connectivity index (χ0n) is 19.1. The first-order chi connectivity index (χ1) is 16.3. The molecule has 11 heteroatoms. The Morgan fingerprint density at radius 2 is 1.79 bits per heavy atom. The van der Waals surface area contributed by atoms with Gasteiger partial charge in [0.25, 0.3) is 5.56 Å². The molecular formula is C23H28FN5O4S. The van der Waals surface area contributed by atoms with E-state index in [-0.39, 0.29) is 18.3 Å². The zero-order valence-corrected chi connectivity index (χ0v) is 19.9. The number of anilines is 1. The molecule has 9 nitrogen and oxygen atoms in total. The second-order valence-corrected chi connectivity index (χ2v) is 9.67. The van der Waals surface area contributed by atoms with Crippen LogP contribution < -0.4 is 10.3 Å². The number of hydrogen-bond acceptors (Lipinski definition) is 7. The van der Waals surface area contributed by atoms with Crippen LogP contribution in [0, 0.1) is 5.82 Å². The highest BCUT2D eigenvalue weighted by Crippen LogP contribution is 2.26. The highest BCUT2D eigenvalue weighted by atomic mass is 32.2. The molecule has 0 bridgehead atoms. The molecule has 0 aliphatic heterocycles. The molecule has 34 heavy (non-hydrogen) atoms. The van der Waals surface area contributed by atoms with E-state index in [0.717, 1.165) is 30.8 Å². The van der Waals surface area contributed by atoms with Crippen LogP contribution in [0.25, 0.3) is 0 Å². The summed E-state index contributed by atoms with van der Waals surface area (Å²) < 4.78 is 42.0. The maximum absolute atomic E-state index is 13.5. The number of hydrogen-bond donors (Lipinski definition) is 2. The molecule has 2 N–H and O–H groups in total. The Kier molecular flexibility index (Phi) is 8.32. The lowest BCUT2D eigenvalue weighted by Crippen LogP contribution is -2.33. The summed E-state index contributed by atoms with van der Waals surface area (Å²) in [6, 6.07) is 9.00. The van der Waals surface area contributed by atoms with E-state index >= 15 is 0 Å². The van der Waals surface area contributed by atoms with E-state index in [4.69, 9.17) is 0 Å². The second-order valence-electron chi connectivity index (χ2n) is 7.83. The fourth-order valence-corrected chi connectivity index (χ4v) is 4.67. The van der Waals surface area contributed by atoms with Gasteiger partial charge >= 0.3 is 0 Å². The van der Waals surface area contributed by atoms with E-state index in [2.05, 4.69) is 19.7 Å². The lowest BCUT2D eigenvalue weighted by atomic mass is 10.0. The molecule has 2 heterocycles. The van der Waals surface area contributed by atoms with Gasteiger partial charge in [-0.1, -0.05) is 50.6 Å². The summed E-state index contributed by atoms with van der Waals surface area (Å²) in [6.07, 6.45) is 4.41. The van der Waals surface area contributed by atoms with Gasteiger partial charge in [0.05, 0.1) is 24.2 Å². The standard InChI is InChI=1S/C23H28FN5O4S/c1-3-5-11-20-27-22(30)21(23(31)29(20)18(4-2)16-9-7-6-8-10-16)28-34(32,33)13-12-19-25-14-17(24)15-26-19/h6-10,14-15,18,28,30H,3-5,11-13H2,1-2H3/t18-/m0/s1. The molecule has 0 amide bonds. The van der Waals surface area contributed by atoms with Crippen molar-refractivity contribution in [2.24, 2.45) is 0 Å². The molecule has 1 aromatic carbocycles. The normalized spacial score (nSPS) is 12.4. The smallest absolute Gasteiger partial charge is 0.282 e. The van der Waals surface area contributed by atoms with Gasteiger partial charge in [-0.05, 0) is 18.4 Å². The van der Waals surface area contributed by atoms with Crippen molar-refractivity contribution in [3.63, 3.8) is 0 Å². The lowest BCUT2D eigenvalue weighted by molar-refractivity contribution is 0.432. The molecule has 0 unspecified atom stereocenters. The first-order valence-corrected chi connectivity index (χ1v) is 12.8. The average molecular weight is 490 g/mol. The molecular weight excluding hydrogens is 461 g/mol. The largest absolute Gasteiger partial charge is 0.492 e. The summed E-state index contributed by atoms with van der Waals surface area (Å²) >= 11 is 0. The molecule has 0 spiro atoms.